The van der Waals surface area contributed by atoms with Crippen LogP contribution in [0.2, 0.25) is 0 Å². The number of hydrogen-bond donors (Lipinski definition) is 2. The molecule has 0 bridgehead atoms. The number of carboxylic acids is 1. The highest BCUT2D eigenvalue weighted by molar-refractivity contribution is 5.78. The fourth-order valence-electron chi connectivity index (χ4n) is 2.15. The van der Waals surface area contributed by atoms with E-state index in [1.165, 1.54) is 0 Å². The molecule has 2 aromatic carbocycles. The second-order valence-corrected chi connectivity index (χ2v) is 4.84. The van der Waals surface area contributed by atoms with Crippen LogP contribution in [0, 0.1) is 0 Å². The van der Waals surface area contributed by atoms with Gasteiger partial charge in [0.25, 0.3) is 0 Å². The third-order valence-electron chi connectivity index (χ3n) is 3.25. The summed E-state index contributed by atoms with van der Waals surface area (Å²) < 4.78 is 5.70. The predicted octanol–water partition coefficient (Wildman–Crippen LogP) is 2.45. The van der Waals surface area contributed by atoms with Crippen molar-refractivity contribution in [2.75, 3.05) is 0 Å². The SMILES string of the molecule is NC(Cc1ccc2oc(-c3ccccc3)nc2c1)C(=O)O. The summed E-state index contributed by atoms with van der Waals surface area (Å²) in [6.45, 7) is 0. The summed E-state index contributed by atoms with van der Waals surface area (Å²) in [6, 6.07) is 14.1. The van der Waals surface area contributed by atoms with Crippen LogP contribution in [0.3, 0.4) is 0 Å². The van der Waals surface area contributed by atoms with Crippen molar-refractivity contribution in [2.24, 2.45) is 5.73 Å². The van der Waals surface area contributed by atoms with Crippen LogP contribution in [0.25, 0.3) is 22.6 Å². The summed E-state index contributed by atoms with van der Waals surface area (Å²) in [5.41, 5.74) is 8.64. The number of fused-ring (bicyclic) bond motifs is 1. The Balaban J connectivity index is 1.94. The van der Waals surface area contributed by atoms with E-state index in [1.54, 1.807) is 6.07 Å². The zero-order valence-corrected chi connectivity index (χ0v) is 11.2. The van der Waals surface area contributed by atoms with E-state index in [-0.39, 0.29) is 6.42 Å². The molecule has 0 aliphatic rings. The molecular weight excluding hydrogens is 268 g/mol. The molecule has 0 radical (unpaired) electrons. The molecule has 106 valence electrons. The number of carbonyl (C=O) groups is 1. The van der Waals surface area contributed by atoms with Crippen LogP contribution in [-0.2, 0) is 11.2 Å². The van der Waals surface area contributed by atoms with E-state index in [0.717, 1.165) is 11.1 Å². The van der Waals surface area contributed by atoms with Gasteiger partial charge in [0, 0.05) is 5.56 Å². The maximum atomic E-state index is 10.8. The molecule has 3 rings (SSSR count). The number of nitrogens with two attached hydrogens (primary N) is 1. The number of hydrogen-bond acceptors (Lipinski definition) is 4. The zero-order chi connectivity index (χ0) is 14.8. The van der Waals surface area contributed by atoms with Gasteiger partial charge in [0.1, 0.15) is 11.6 Å². The molecule has 3 aromatic rings. The Morgan fingerprint density at radius 2 is 2.00 bits per heavy atom. The zero-order valence-electron chi connectivity index (χ0n) is 11.2. The van der Waals surface area contributed by atoms with Crippen LogP contribution in [0.4, 0.5) is 0 Å². The Morgan fingerprint density at radius 3 is 2.71 bits per heavy atom. The molecule has 0 saturated heterocycles. The van der Waals surface area contributed by atoms with Crippen LogP contribution in [0.15, 0.2) is 52.9 Å². The van der Waals surface area contributed by atoms with Gasteiger partial charge >= 0.3 is 5.97 Å². The minimum atomic E-state index is -1.01. The number of rotatable bonds is 4. The lowest BCUT2D eigenvalue weighted by molar-refractivity contribution is -0.138. The number of aromatic nitrogens is 1. The number of benzene rings is 2. The lowest BCUT2D eigenvalue weighted by Crippen LogP contribution is -2.32. The molecule has 0 amide bonds. The van der Waals surface area contributed by atoms with E-state index in [9.17, 15) is 4.79 Å². The summed E-state index contributed by atoms with van der Waals surface area (Å²) >= 11 is 0. The van der Waals surface area contributed by atoms with Crippen LogP contribution in [-0.4, -0.2) is 22.1 Å². The molecule has 5 heteroatoms. The van der Waals surface area contributed by atoms with Crippen molar-refractivity contribution in [3.63, 3.8) is 0 Å². The third kappa shape index (κ3) is 2.78. The monoisotopic (exact) mass is 282 g/mol. The summed E-state index contributed by atoms with van der Waals surface area (Å²) in [5, 5.41) is 8.85. The van der Waals surface area contributed by atoms with Crippen molar-refractivity contribution in [1.29, 1.82) is 0 Å². The second kappa shape index (κ2) is 5.38. The lowest BCUT2D eigenvalue weighted by atomic mass is 10.1. The average Bonchev–Trinajstić information content (AvgIpc) is 2.91. The first kappa shape index (κ1) is 13.3. The topological polar surface area (TPSA) is 89.4 Å². The smallest absolute Gasteiger partial charge is 0.320 e. The van der Waals surface area contributed by atoms with Gasteiger partial charge in [-0.1, -0.05) is 24.3 Å². The van der Waals surface area contributed by atoms with E-state index in [1.807, 2.05) is 42.5 Å². The van der Waals surface area contributed by atoms with Gasteiger partial charge < -0.3 is 15.3 Å². The minimum absolute atomic E-state index is 0.263. The van der Waals surface area contributed by atoms with E-state index in [4.69, 9.17) is 15.3 Å². The van der Waals surface area contributed by atoms with Crippen molar-refractivity contribution in [2.45, 2.75) is 12.5 Å². The summed E-state index contributed by atoms with van der Waals surface area (Å²) in [5.74, 6) is -0.467. The Morgan fingerprint density at radius 1 is 1.24 bits per heavy atom. The maximum Gasteiger partial charge on any atom is 0.320 e. The first-order chi connectivity index (χ1) is 10.1. The quantitative estimate of drug-likeness (QED) is 0.767. The third-order valence-corrected chi connectivity index (χ3v) is 3.25. The van der Waals surface area contributed by atoms with Crippen LogP contribution in [0.1, 0.15) is 5.56 Å². The molecule has 5 nitrogen and oxygen atoms in total. The van der Waals surface area contributed by atoms with Crippen LogP contribution < -0.4 is 5.73 Å². The standard InChI is InChI=1S/C16H14N2O3/c17-12(16(19)20)8-10-6-7-14-13(9-10)18-15(21-14)11-4-2-1-3-5-11/h1-7,9,12H,8,17H2,(H,19,20). The van der Waals surface area contributed by atoms with Gasteiger partial charge in [-0.15, -0.1) is 0 Å². The Hall–Kier alpha value is -2.66. The van der Waals surface area contributed by atoms with Crippen molar-refractivity contribution in [3.8, 4) is 11.5 Å². The molecule has 0 saturated carbocycles. The fourth-order valence-corrected chi connectivity index (χ4v) is 2.15. The van der Waals surface area contributed by atoms with Gasteiger partial charge in [0.05, 0.1) is 0 Å². The van der Waals surface area contributed by atoms with E-state index in [0.29, 0.717) is 17.0 Å². The van der Waals surface area contributed by atoms with E-state index in [2.05, 4.69) is 4.98 Å². The Bertz CT molecular complexity index is 781. The van der Waals surface area contributed by atoms with Gasteiger partial charge in [0.15, 0.2) is 5.58 Å². The number of carboxylic acid groups (broad SMARTS) is 1. The summed E-state index contributed by atoms with van der Waals surface area (Å²) in [6.07, 6.45) is 0.263. The van der Waals surface area contributed by atoms with Gasteiger partial charge in [0.2, 0.25) is 5.89 Å². The number of aliphatic carboxylic acids is 1. The normalized spacial score (nSPS) is 12.4. The first-order valence-electron chi connectivity index (χ1n) is 6.57. The molecule has 1 unspecified atom stereocenters. The van der Waals surface area contributed by atoms with Gasteiger partial charge in [-0.3, -0.25) is 4.79 Å². The van der Waals surface area contributed by atoms with Gasteiger partial charge in [-0.2, -0.15) is 0 Å². The van der Waals surface area contributed by atoms with Crippen LogP contribution >= 0.6 is 0 Å². The highest BCUT2D eigenvalue weighted by atomic mass is 16.4. The molecule has 0 aliphatic carbocycles. The van der Waals surface area contributed by atoms with Gasteiger partial charge in [-0.05, 0) is 36.2 Å². The molecule has 3 N–H and O–H groups in total. The predicted molar refractivity (Wildman–Crippen MR) is 78.8 cm³/mol. The highest BCUT2D eigenvalue weighted by Gasteiger charge is 2.14. The van der Waals surface area contributed by atoms with E-state index >= 15 is 0 Å². The van der Waals surface area contributed by atoms with E-state index < -0.39 is 12.0 Å². The van der Waals surface area contributed by atoms with Gasteiger partial charge in [-0.25, -0.2) is 4.98 Å². The number of nitrogens with zero attached hydrogens (tertiary/aromatic N) is 1. The molecule has 21 heavy (non-hydrogen) atoms. The first-order valence-corrected chi connectivity index (χ1v) is 6.57. The largest absolute Gasteiger partial charge is 0.480 e. The van der Waals surface area contributed by atoms with Crippen molar-refractivity contribution in [1.82, 2.24) is 4.98 Å². The molecule has 0 fully saturated rings. The molecule has 0 aliphatic heterocycles. The lowest BCUT2D eigenvalue weighted by Gasteiger charge is -2.05. The highest BCUT2D eigenvalue weighted by Crippen LogP contribution is 2.24. The Kier molecular flexibility index (Phi) is 3.41. The van der Waals surface area contributed by atoms with Crippen molar-refractivity contribution < 1.29 is 14.3 Å². The molecular formula is C16H14N2O3. The molecule has 1 aromatic heterocycles. The maximum absolute atomic E-state index is 10.8. The molecule has 1 atom stereocenters. The average molecular weight is 282 g/mol. The number of oxazole rings is 1. The summed E-state index contributed by atoms with van der Waals surface area (Å²) in [4.78, 5) is 15.2. The molecule has 0 spiro atoms. The second-order valence-electron chi connectivity index (χ2n) is 4.84. The molecule has 1 heterocycles. The Labute approximate surface area is 121 Å². The van der Waals surface area contributed by atoms with Crippen molar-refractivity contribution in [3.05, 3.63) is 54.1 Å². The minimum Gasteiger partial charge on any atom is -0.480 e. The van der Waals surface area contributed by atoms with Crippen molar-refractivity contribution >= 4 is 17.1 Å². The fraction of sp³-hybridized carbons (Fsp3) is 0.125. The van der Waals surface area contributed by atoms with Crippen LogP contribution in [0.5, 0.6) is 0 Å². The summed E-state index contributed by atoms with van der Waals surface area (Å²) in [7, 11) is 0.